The zero-order valence-corrected chi connectivity index (χ0v) is 17.3. The number of methoxy groups -OCH3 is 2. The molecule has 0 atom stereocenters. The highest BCUT2D eigenvalue weighted by atomic mass is 35.5. The number of benzene rings is 2. The number of amides is 4. The lowest BCUT2D eigenvalue weighted by Crippen LogP contribution is -2.54. The van der Waals surface area contributed by atoms with E-state index in [-0.39, 0.29) is 10.6 Å². The molecule has 1 N–H and O–H groups in total. The molecule has 0 unspecified atom stereocenters. The monoisotopic (exact) mass is 430 g/mol. The lowest BCUT2D eigenvalue weighted by Gasteiger charge is -2.26. The van der Waals surface area contributed by atoms with Crippen LogP contribution in [-0.2, 0) is 9.59 Å². The summed E-state index contributed by atoms with van der Waals surface area (Å²) in [5.74, 6) is -0.301. The van der Waals surface area contributed by atoms with Gasteiger partial charge in [-0.2, -0.15) is 0 Å². The maximum atomic E-state index is 13.0. The zero-order valence-electron chi connectivity index (χ0n) is 16.5. The number of urea groups is 1. The second kappa shape index (κ2) is 8.87. The third-order valence-corrected chi connectivity index (χ3v) is 4.56. The second-order valence-corrected chi connectivity index (χ2v) is 6.53. The van der Waals surface area contributed by atoms with Crippen LogP contribution in [0.4, 0.5) is 10.5 Å². The molecule has 1 fully saturated rings. The van der Waals surface area contributed by atoms with E-state index in [0.29, 0.717) is 35.1 Å². The number of nitrogens with one attached hydrogen (secondary N) is 1. The Morgan fingerprint density at radius 1 is 1.07 bits per heavy atom. The average molecular weight is 431 g/mol. The van der Waals surface area contributed by atoms with Crippen molar-refractivity contribution < 1.29 is 28.6 Å². The van der Waals surface area contributed by atoms with Crippen molar-refractivity contribution in [3.8, 4) is 17.2 Å². The van der Waals surface area contributed by atoms with Crippen LogP contribution in [-0.4, -0.2) is 38.7 Å². The van der Waals surface area contributed by atoms with Gasteiger partial charge in [-0.1, -0.05) is 11.6 Å². The lowest BCUT2D eigenvalue weighted by atomic mass is 10.1. The van der Waals surface area contributed by atoms with Crippen LogP contribution in [0.25, 0.3) is 6.08 Å². The Bertz CT molecular complexity index is 1030. The molecule has 0 spiro atoms. The Hall–Kier alpha value is -3.52. The van der Waals surface area contributed by atoms with Gasteiger partial charge in [0.2, 0.25) is 0 Å². The highest BCUT2D eigenvalue weighted by Crippen LogP contribution is 2.37. The quantitative estimate of drug-likeness (QED) is 0.557. The maximum Gasteiger partial charge on any atom is 0.335 e. The summed E-state index contributed by atoms with van der Waals surface area (Å²) >= 11 is 6.26. The van der Waals surface area contributed by atoms with E-state index in [9.17, 15) is 14.4 Å². The highest BCUT2D eigenvalue weighted by molar-refractivity contribution is 6.39. The van der Waals surface area contributed by atoms with Crippen LogP contribution in [0.5, 0.6) is 17.2 Å². The van der Waals surface area contributed by atoms with Crippen LogP contribution in [0.2, 0.25) is 5.02 Å². The van der Waals surface area contributed by atoms with Crippen molar-refractivity contribution in [3.63, 3.8) is 0 Å². The fourth-order valence-corrected chi connectivity index (χ4v) is 3.17. The molecule has 1 aliphatic heterocycles. The van der Waals surface area contributed by atoms with E-state index in [4.69, 9.17) is 25.8 Å². The fourth-order valence-electron chi connectivity index (χ4n) is 2.90. The van der Waals surface area contributed by atoms with E-state index in [1.165, 1.54) is 26.4 Å². The predicted octanol–water partition coefficient (Wildman–Crippen LogP) is 3.42. The van der Waals surface area contributed by atoms with Crippen molar-refractivity contribution in [2.75, 3.05) is 25.7 Å². The SMILES string of the molecule is CCOc1c(Cl)cc(/C=C2\C(=O)NC(=O)N(c3ccc(OC)cc3)C2=O)cc1OC. The summed E-state index contributed by atoms with van der Waals surface area (Å²) < 4.78 is 15.8. The summed E-state index contributed by atoms with van der Waals surface area (Å²) in [7, 11) is 2.96. The molecular weight excluding hydrogens is 412 g/mol. The van der Waals surface area contributed by atoms with Crippen molar-refractivity contribution in [1.29, 1.82) is 0 Å². The molecule has 2 aromatic carbocycles. The number of imide groups is 2. The number of carbonyl (C=O) groups is 3. The predicted molar refractivity (Wildman–Crippen MR) is 111 cm³/mol. The molecule has 1 aliphatic rings. The third-order valence-electron chi connectivity index (χ3n) is 4.28. The normalized spacial score (nSPS) is 15.3. The molecule has 9 heteroatoms. The lowest BCUT2D eigenvalue weighted by molar-refractivity contribution is -0.122. The van der Waals surface area contributed by atoms with Gasteiger partial charge in [-0.3, -0.25) is 14.9 Å². The van der Waals surface area contributed by atoms with Crippen molar-refractivity contribution in [2.24, 2.45) is 0 Å². The minimum Gasteiger partial charge on any atom is -0.497 e. The van der Waals surface area contributed by atoms with Gasteiger partial charge in [0, 0.05) is 0 Å². The van der Waals surface area contributed by atoms with Crippen LogP contribution in [0.15, 0.2) is 42.0 Å². The van der Waals surface area contributed by atoms with E-state index in [2.05, 4.69) is 5.32 Å². The number of barbiturate groups is 1. The Morgan fingerprint density at radius 2 is 1.77 bits per heavy atom. The topological polar surface area (TPSA) is 94.2 Å². The van der Waals surface area contributed by atoms with Crippen molar-refractivity contribution in [3.05, 3.63) is 52.6 Å². The Morgan fingerprint density at radius 3 is 2.37 bits per heavy atom. The Labute approximate surface area is 178 Å². The molecule has 8 nitrogen and oxygen atoms in total. The van der Waals surface area contributed by atoms with E-state index >= 15 is 0 Å². The van der Waals surface area contributed by atoms with Gasteiger partial charge in [0.1, 0.15) is 11.3 Å². The van der Waals surface area contributed by atoms with Gasteiger partial charge in [-0.25, -0.2) is 9.69 Å². The molecule has 0 radical (unpaired) electrons. The number of carbonyl (C=O) groups excluding carboxylic acids is 3. The van der Waals surface area contributed by atoms with Crippen molar-refractivity contribution >= 4 is 41.2 Å². The first-order chi connectivity index (χ1) is 14.4. The van der Waals surface area contributed by atoms with Gasteiger partial charge >= 0.3 is 6.03 Å². The molecule has 2 aromatic rings. The van der Waals surface area contributed by atoms with E-state index < -0.39 is 17.8 Å². The van der Waals surface area contributed by atoms with E-state index in [1.54, 1.807) is 37.3 Å². The van der Waals surface area contributed by atoms with Crippen LogP contribution in [0, 0.1) is 0 Å². The number of ether oxygens (including phenoxy) is 3. The number of nitrogens with zero attached hydrogens (tertiary/aromatic N) is 1. The summed E-state index contributed by atoms with van der Waals surface area (Å²) in [5, 5.41) is 2.43. The Kier molecular flexibility index (Phi) is 6.27. The van der Waals surface area contributed by atoms with Crippen LogP contribution >= 0.6 is 11.6 Å². The van der Waals surface area contributed by atoms with Crippen LogP contribution in [0.1, 0.15) is 12.5 Å². The first-order valence-electron chi connectivity index (χ1n) is 8.95. The van der Waals surface area contributed by atoms with Crippen molar-refractivity contribution in [2.45, 2.75) is 6.92 Å². The summed E-state index contributed by atoms with van der Waals surface area (Å²) in [6, 6.07) is 8.57. The fraction of sp³-hybridized carbons (Fsp3) is 0.190. The molecule has 0 aliphatic carbocycles. The van der Waals surface area contributed by atoms with Gasteiger partial charge in [0.05, 0.1) is 31.5 Å². The number of halogens is 1. The smallest absolute Gasteiger partial charge is 0.335 e. The maximum absolute atomic E-state index is 13.0. The molecule has 1 heterocycles. The van der Waals surface area contributed by atoms with Crippen LogP contribution < -0.4 is 24.4 Å². The Balaban J connectivity index is 2.01. The highest BCUT2D eigenvalue weighted by Gasteiger charge is 2.36. The largest absolute Gasteiger partial charge is 0.497 e. The number of anilines is 1. The van der Waals surface area contributed by atoms with Gasteiger partial charge in [-0.15, -0.1) is 0 Å². The molecule has 1 saturated heterocycles. The standard InChI is InChI=1S/C21H19ClN2O6/c1-4-30-18-16(22)10-12(11-17(18)29-3)9-15-19(25)23-21(27)24(20(15)26)13-5-7-14(28-2)8-6-13/h5-11H,4H2,1-3H3,(H,23,25,27)/b15-9+. The second-order valence-electron chi connectivity index (χ2n) is 6.12. The van der Waals surface area contributed by atoms with Crippen molar-refractivity contribution in [1.82, 2.24) is 5.32 Å². The number of rotatable bonds is 6. The number of hydrogen-bond acceptors (Lipinski definition) is 6. The van der Waals surface area contributed by atoms with Crippen LogP contribution in [0.3, 0.4) is 0 Å². The molecule has 156 valence electrons. The first kappa shape index (κ1) is 21.2. The summed E-state index contributed by atoms with van der Waals surface area (Å²) in [6.07, 6.45) is 1.34. The molecule has 0 bridgehead atoms. The van der Waals surface area contributed by atoms with E-state index in [1.807, 2.05) is 0 Å². The summed E-state index contributed by atoms with van der Waals surface area (Å²) in [4.78, 5) is 38.5. The molecule has 0 aromatic heterocycles. The summed E-state index contributed by atoms with van der Waals surface area (Å²) in [6.45, 7) is 2.19. The first-order valence-corrected chi connectivity index (χ1v) is 9.33. The zero-order chi connectivity index (χ0) is 21.8. The van der Waals surface area contributed by atoms with Gasteiger partial charge in [-0.05, 0) is 55.0 Å². The molecule has 0 saturated carbocycles. The molecular formula is C21H19ClN2O6. The van der Waals surface area contributed by atoms with Gasteiger partial charge < -0.3 is 14.2 Å². The summed E-state index contributed by atoms with van der Waals surface area (Å²) in [5.41, 5.74) is 0.495. The number of hydrogen-bond donors (Lipinski definition) is 1. The average Bonchev–Trinajstić information content (AvgIpc) is 2.73. The third kappa shape index (κ3) is 4.08. The molecule has 3 rings (SSSR count). The van der Waals surface area contributed by atoms with Gasteiger partial charge in [0.25, 0.3) is 11.8 Å². The molecule has 4 amide bonds. The molecule has 30 heavy (non-hydrogen) atoms. The van der Waals surface area contributed by atoms with E-state index in [0.717, 1.165) is 4.90 Å². The minimum absolute atomic E-state index is 0.229. The minimum atomic E-state index is -0.838. The van der Waals surface area contributed by atoms with Gasteiger partial charge in [0.15, 0.2) is 11.5 Å².